The number of carbonyl (C=O) groups is 2. The van der Waals surface area contributed by atoms with E-state index in [2.05, 4.69) is 9.57 Å². The highest BCUT2D eigenvalue weighted by Crippen LogP contribution is 2.07. The van der Waals surface area contributed by atoms with Crippen molar-refractivity contribution in [3.8, 4) is 0 Å². The first kappa shape index (κ1) is 12.0. The average molecular weight is 223 g/mol. The molecular weight excluding hydrogens is 210 g/mol. The number of ether oxygens (including phenoxy) is 1. The molecule has 0 radical (unpaired) electrons. The van der Waals surface area contributed by atoms with Gasteiger partial charge in [-0.2, -0.15) is 0 Å². The first-order valence-electron chi connectivity index (χ1n) is 4.84. The van der Waals surface area contributed by atoms with Gasteiger partial charge < -0.3 is 9.57 Å². The molecule has 0 bridgehead atoms. The summed E-state index contributed by atoms with van der Waals surface area (Å²) in [5.41, 5.74) is 3.08. The summed E-state index contributed by atoms with van der Waals surface area (Å²) in [5.74, 6) is -0.619. The molecule has 1 rings (SSSR count). The van der Waals surface area contributed by atoms with Crippen LogP contribution in [-0.4, -0.2) is 18.7 Å². The van der Waals surface area contributed by atoms with Crippen molar-refractivity contribution in [2.24, 2.45) is 0 Å². The van der Waals surface area contributed by atoms with Gasteiger partial charge in [-0.3, -0.25) is 0 Å². The van der Waals surface area contributed by atoms with Crippen molar-refractivity contribution in [1.29, 1.82) is 0 Å². The fourth-order valence-corrected chi connectivity index (χ4v) is 1.11. The van der Waals surface area contributed by atoms with Gasteiger partial charge in [0.15, 0.2) is 0 Å². The molecule has 0 aliphatic heterocycles. The van der Waals surface area contributed by atoms with Crippen molar-refractivity contribution >= 4 is 12.1 Å². The molecule has 0 aliphatic rings. The second-order valence-corrected chi connectivity index (χ2v) is 3.03. The van der Waals surface area contributed by atoms with Gasteiger partial charge in [-0.1, -0.05) is 18.2 Å². The van der Waals surface area contributed by atoms with Crippen molar-refractivity contribution in [2.75, 3.05) is 6.61 Å². The molecule has 1 aromatic carbocycles. The number of nitrogens with one attached hydrogen (secondary N) is 1. The molecule has 0 saturated carbocycles. The van der Waals surface area contributed by atoms with Crippen LogP contribution in [0.1, 0.15) is 22.8 Å². The van der Waals surface area contributed by atoms with Crippen molar-refractivity contribution in [1.82, 2.24) is 5.48 Å². The molecule has 1 amide bonds. The summed E-state index contributed by atoms with van der Waals surface area (Å²) in [6.45, 7) is 3.65. The molecule has 0 aromatic heterocycles. The van der Waals surface area contributed by atoms with E-state index in [4.69, 9.17) is 0 Å². The molecule has 0 aliphatic carbocycles. The Morgan fingerprint density at radius 1 is 1.31 bits per heavy atom. The van der Waals surface area contributed by atoms with Crippen LogP contribution in [0.25, 0.3) is 0 Å². The minimum atomic E-state index is -0.788. The number of rotatable bonds is 2. The van der Waals surface area contributed by atoms with Gasteiger partial charge >= 0.3 is 12.1 Å². The van der Waals surface area contributed by atoms with Gasteiger partial charge in [-0.25, -0.2) is 9.59 Å². The van der Waals surface area contributed by atoms with E-state index >= 15 is 0 Å². The standard InChI is InChI=1S/C11H13NO4/c1-3-15-11(14)12-16-10(13)9-7-5-4-6-8(9)2/h4-7H,3H2,1-2H3,(H,12,14). The smallest absolute Gasteiger partial charge is 0.440 e. The normalized spacial score (nSPS) is 9.38. The molecule has 1 N–H and O–H groups in total. The quantitative estimate of drug-likeness (QED) is 0.776. The van der Waals surface area contributed by atoms with E-state index in [1.54, 1.807) is 32.0 Å². The van der Waals surface area contributed by atoms with Gasteiger partial charge in [0.25, 0.3) is 0 Å². The largest absolute Gasteiger partial charge is 0.448 e. The number of amides is 1. The van der Waals surface area contributed by atoms with E-state index in [0.717, 1.165) is 5.56 Å². The first-order chi connectivity index (χ1) is 7.65. The third-order valence-electron chi connectivity index (χ3n) is 1.87. The molecule has 1 aromatic rings. The van der Waals surface area contributed by atoms with Gasteiger partial charge in [-0.05, 0) is 25.5 Å². The van der Waals surface area contributed by atoms with E-state index in [-0.39, 0.29) is 6.61 Å². The summed E-state index contributed by atoms with van der Waals surface area (Å²) >= 11 is 0. The molecule has 0 unspecified atom stereocenters. The number of benzene rings is 1. The van der Waals surface area contributed by atoms with Crippen LogP contribution in [0.5, 0.6) is 0 Å². The van der Waals surface area contributed by atoms with E-state index < -0.39 is 12.1 Å². The second-order valence-electron chi connectivity index (χ2n) is 3.03. The number of carbonyl (C=O) groups excluding carboxylic acids is 2. The Morgan fingerprint density at radius 2 is 2.00 bits per heavy atom. The highest BCUT2D eigenvalue weighted by atomic mass is 16.7. The molecule has 0 heterocycles. The lowest BCUT2D eigenvalue weighted by molar-refractivity contribution is 0.0214. The Bertz CT molecular complexity index is 389. The fraction of sp³-hybridized carbons (Fsp3) is 0.273. The highest BCUT2D eigenvalue weighted by Gasteiger charge is 2.11. The number of aryl methyl sites for hydroxylation is 1. The van der Waals surface area contributed by atoms with Crippen LogP contribution in [0, 0.1) is 6.92 Å². The van der Waals surface area contributed by atoms with E-state index in [1.165, 1.54) is 0 Å². The molecule has 0 atom stereocenters. The average Bonchev–Trinajstić information content (AvgIpc) is 2.27. The maximum atomic E-state index is 11.5. The molecule has 5 heteroatoms. The zero-order chi connectivity index (χ0) is 12.0. The fourth-order valence-electron chi connectivity index (χ4n) is 1.11. The van der Waals surface area contributed by atoms with Crippen LogP contribution >= 0.6 is 0 Å². The van der Waals surface area contributed by atoms with Crippen LogP contribution in [0.2, 0.25) is 0 Å². The van der Waals surface area contributed by atoms with Crippen LogP contribution in [0.3, 0.4) is 0 Å². The lowest BCUT2D eigenvalue weighted by Gasteiger charge is -2.06. The van der Waals surface area contributed by atoms with Crippen molar-refractivity contribution in [3.05, 3.63) is 35.4 Å². The van der Waals surface area contributed by atoms with E-state index in [1.807, 2.05) is 11.5 Å². The van der Waals surface area contributed by atoms with Crippen LogP contribution in [0.4, 0.5) is 4.79 Å². The SMILES string of the molecule is CCOC(=O)NOC(=O)c1ccccc1C. The van der Waals surface area contributed by atoms with Crippen molar-refractivity contribution in [2.45, 2.75) is 13.8 Å². The van der Waals surface area contributed by atoms with Gasteiger partial charge in [0, 0.05) is 0 Å². The lowest BCUT2D eigenvalue weighted by Crippen LogP contribution is -2.28. The molecule has 86 valence electrons. The number of hydrogen-bond acceptors (Lipinski definition) is 4. The van der Waals surface area contributed by atoms with Gasteiger partial charge in [0.05, 0.1) is 12.2 Å². The Hall–Kier alpha value is -2.04. The molecule has 0 spiro atoms. The molecule has 16 heavy (non-hydrogen) atoms. The molecular formula is C11H13NO4. The first-order valence-corrected chi connectivity index (χ1v) is 4.84. The lowest BCUT2D eigenvalue weighted by atomic mass is 10.1. The molecule has 0 fully saturated rings. The Morgan fingerprint density at radius 3 is 2.62 bits per heavy atom. The monoisotopic (exact) mass is 223 g/mol. The van der Waals surface area contributed by atoms with E-state index in [0.29, 0.717) is 5.56 Å². The summed E-state index contributed by atoms with van der Waals surface area (Å²) in [7, 11) is 0. The highest BCUT2D eigenvalue weighted by molar-refractivity contribution is 5.91. The summed E-state index contributed by atoms with van der Waals surface area (Å²) < 4.78 is 4.53. The Labute approximate surface area is 93.3 Å². The molecule has 0 saturated heterocycles. The van der Waals surface area contributed by atoms with Gasteiger partial charge in [0.2, 0.25) is 0 Å². The summed E-state index contributed by atoms with van der Waals surface area (Å²) in [6.07, 6.45) is -0.788. The second kappa shape index (κ2) is 5.75. The van der Waals surface area contributed by atoms with Gasteiger partial charge in [0.1, 0.15) is 0 Å². The van der Waals surface area contributed by atoms with Crippen molar-refractivity contribution < 1.29 is 19.2 Å². The Kier molecular flexibility index (Phi) is 4.32. The zero-order valence-corrected chi connectivity index (χ0v) is 9.15. The van der Waals surface area contributed by atoms with Crippen LogP contribution in [-0.2, 0) is 9.57 Å². The summed E-state index contributed by atoms with van der Waals surface area (Å²) in [5, 5.41) is 0. The van der Waals surface area contributed by atoms with E-state index in [9.17, 15) is 9.59 Å². The molecule has 5 nitrogen and oxygen atoms in total. The number of hydroxylamine groups is 1. The minimum Gasteiger partial charge on any atom is -0.448 e. The minimum absolute atomic E-state index is 0.216. The zero-order valence-electron chi connectivity index (χ0n) is 9.15. The maximum Gasteiger partial charge on any atom is 0.440 e. The summed E-state index contributed by atoms with van der Waals surface area (Å²) in [6, 6.07) is 6.92. The predicted molar refractivity (Wildman–Crippen MR) is 56.8 cm³/mol. The predicted octanol–water partition coefficient (Wildman–Crippen LogP) is 1.81. The van der Waals surface area contributed by atoms with Crippen molar-refractivity contribution in [3.63, 3.8) is 0 Å². The van der Waals surface area contributed by atoms with Crippen LogP contribution < -0.4 is 5.48 Å². The Balaban J connectivity index is 2.54. The third kappa shape index (κ3) is 3.27. The maximum absolute atomic E-state index is 11.5. The number of hydrogen-bond donors (Lipinski definition) is 1. The summed E-state index contributed by atoms with van der Waals surface area (Å²) in [4.78, 5) is 26.9. The third-order valence-corrected chi connectivity index (χ3v) is 1.87. The topological polar surface area (TPSA) is 64.6 Å². The van der Waals surface area contributed by atoms with Gasteiger partial charge in [-0.15, -0.1) is 5.48 Å². The van der Waals surface area contributed by atoms with Crippen LogP contribution in [0.15, 0.2) is 24.3 Å².